The van der Waals surface area contributed by atoms with E-state index in [2.05, 4.69) is 25.4 Å². The molecule has 0 aliphatic heterocycles. The molecular weight excluding hydrogens is 296 g/mol. The van der Waals surface area contributed by atoms with Crippen molar-refractivity contribution >= 4 is 21.7 Å². The fourth-order valence-corrected chi connectivity index (χ4v) is 2.00. The van der Waals surface area contributed by atoms with Gasteiger partial charge < -0.3 is 15.5 Å². The van der Waals surface area contributed by atoms with Crippen molar-refractivity contribution in [2.24, 2.45) is 5.84 Å². The number of nitrogen functional groups attached to an aromatic ring is 1. The summed E-state index contributed by atoms with van der Waals surface area (Å²) in [6.07, 6.45) is 1.76. The summed E-state index contributed by atoms with van der Waals surface area (Å²) < 4.78 is 29.5. The van der Waals surface area contributed by atoms with Gasteiger partial charge in [-0.15, -0.1) is 0 Å². The number of hydrazine groups is 1. The van der Waals surface area contributed by atoms with E-state index in [1.165, 1.54) is 0 Å². The average molecular weight is 318 g/mol. The molecule has 0 atom stereocenters. The summed E-state index contributed by atoms with van der Waals surface area (Å²) in [6, 6.07) is 1.67. The number of hydrogen-bond acceptors (Lipinski definition) is 8. The van der Waals surface area contributed by atoms with E-state index in [4.69, 9.17) is 10.6 Å². The van der Waals surface area contributed by atoms with E-state index in [1.807, 2.05) is 6.92 Å². The zero-order chi connectivity index (χ0) is 15.7. The maximum absolute atomic E-state index is 10.9. The van der Waals surface area contributed by atoms with Crippen molar-refractivity contribution in [3.05, 3.63) is 11.9 Å². The topological polar surface area (TPSA) is 131 Å². The van der Waals surface area contributed by atoms with Crippen molar-refractivity contribution < 1.29 is 13.2 Å². The highest BCUT2D eigenvalue weighted by molar-refractivity contribution is 7.88. The molecule has 0 saturated heterocycles. The highest BCUT2D eigenvalue weighted by Crippen LogP contribution is 2.11. The van der Waals surface area contributed by atoms with Gasteiger partial charge in [-0.1, -0.05) is 0 Å². The highest BCUT2D eigenvalue weighted by Gasteiger charge is 2.04. The number of rotatable bonds is 10. The number of ether oxygens (including phenoxy) is 1. The van der Waals surface area contributed by atoms with Crippen molar-refractivity contribution in [2.45, 2.75) is 20.0 Å². The minimum Gasteiger partial charge on any atom is -0.374 e. The van der Waals surface area contributed by atoms with Crippen LogP contribution in [0.3, 0.4) is 0 Å². The average Bonchev–Trinajstić information content (AvgIpc) is 2.43. The van der Waals surface area contributed by atoms with E-state index in [0.29, 0.717) is 50.2 Å². The zero-order valence-corrected chi connectivity index (χ0v) is 13.0. The number of anilines is 2. The first-order chi connectivity index (χ1) is 9.94. The Morgan fingerprint density at radius 1 is 1.29 bits per heavy atom. The maximum Gasteiger partial charge on any atom is 0.208 e. The maximum atomic E-state index is 10.9. The molecule has 0 fully saturated rings. The summed E-state index contributed by atoms with van der Waals surface area (Å²) in [5.41, 5.74) is 2.47. The van der Waals surface area contributed by atoms with Crippen LogP contribution in [-0.4, -0.2) is 44.3 Å². The molecule has 1 aromatic heterocycles. The molecule has 1 heterocycles. The minimum atomic E-state index is -3.14. The van der Waals surface area contributed by atoms with Gasteiger partial charge in [0.25, 0.3) is 0 Å². The summed E-state index contributed by atoms with van der Waals surface area (Å²) in [5, 5.41) is 3.09. The Hall–Kier alpha value is -1.49. The molecule has 0 saturated carbocycles. The standard InChI is InChI=1S/C11H22N6O3S/c1-3-20-8-11-15-9(7-10(16-11)17-12)13-5-4-6-14-21(2,18)19/h7,14H,3-6,8,12H2,1-2H3,(H2,13,15,16,17). The highest BCUT2D eigenvalue weighted by atomic mass is 32.2. The van der Waals surface area contributed by atoms with Gasteiger partial charge in [0, 0.05) is 25.8 Å². The van der Waals surface area contributed by atoms with Crippen LogP contribution in [0.2, 0.25) is 0 Å². The summed E-state index contributed by atoms with van der Waals surface area (Å²) in [4.78, 5) is 8.45. The third-order valence-corrected chi connectivity index (χ3v) is 3.11. The van der Waals surface area contributed by atoms with Crippen LogP contribution in [0.4, 0.5) is 11.6 Å². The van der Waals surface area contributed by atoms with Gasteiger partial charge in [-0.2, -0.15) is 0 Å². The van der Waals surface area contributed by atoms with Gasteiger partial charge in [0.15, 0.2) is 5.82 Å². The summed E-state index contributed by atoms with van der Waals surface area (Å²) >= 11 is 0. The van der Waals surface area contributed by atoms with Crippen LogP contribution in [0, 0.1) is 0 Å². The van der Waals surface area contributed by atoms with Gasteiger partial charge >= 0.3 is 0 Å². The molecule has 9 nitrogen and oxygen atoms in total. The third-order valence-electron chi connectivity index (χ3n) is 2.38. The summed E-state index contributed by atoms with van der Waals surface area (Å²) in [6.45, 7) is 3.70. The van der Waals surface area contributed by atoms with E-state index >= 15 is 0 Å². The van der Waals surface area contributed by atoms with Crippen molar-refractivity contribution in [3.63, 3.8) is 0 Å². The lowest BCUT2D eigenvalue weighted by Gasteiger charge is -2.10. The molecule has 5 N–H and O–H groups in total. The molecule has 21 heavy (non-hydrogen) atoms. The Bertz CT molecular complexity index is 537. The Morgan fingerprint density at radius 2 is 2.00 bits per heavy atom. The van der Waals surface area contributed by atoms with Crippen molar-refractivity contribution in [1.29, 1.82) is 0 Å². The molecule has 0 amide bonds. The van der Waals surface area contributed by atoms with Gasteiger partial charge in [0.05, 0.1) is 6.26 Å². The molecule has 0 aliphatic carbocycles. The Morgan fingerprint density at radius 3 is 2.62 bits per heavy atom. The molecule has 10 heteroatoms. The fourth-order valence-electron chi connectivity index (χ4n) is 1.48. The number of hydrogen-bond donors (Lipinski definition) is 4. The summed E-state index contributed by atoms with van der Waals surface area (Å²) in [5.74, 6) is 6.96. The number of nitrogens with zero attached hydrogens (tertiary/aromatic N) is 2. The van der Waals surface area contributed by atoms with E-state index in [9.17, 15) is 8.42 Å². The normalized spacial score (nSPS) is 11.4. The van der Waals surface area contributed by atoms with E-state index in [0.717, 1.165) is 6.26 Å². The molecular formula is C11H22N6O3S. The van der Waals surface area contributed by atoms with Gasteiger partial charge in [0.1, 0.15) is 18.2 Å². The number of nitrogens with two attached hydrogens (primary N) is 1. The van der Waals surface area contributed by atoms with Crippen molar-refractivity contribution in [3.8, 4) is 0 Å². The molecule has 0 bridgehead atoms. The van der Waals surface area contributed by atoms with E-state index in [1.54, 1.807) is 6.07 Å². The fraction of sp³-hybridized carbons (Fsp3) is 0.636. The molecule has 1 aromatic rings. The molecule has 0 spiro atoms. The lowest BCUT2D eigenvalue weighted by Crippen LogP contribution is -2.24. The first-order valence-electron chi connectivity index (χ1n) is 6.55. The van der Waals surface area contributed by atoms with Crippen molar-refractivity contribution in [2.75, 3.05) is 36.7 Å². The zero-order valence-electron chi connectivity index (χ0n) is 12.2. The first kappa shape index (κ1) is 17.6. The monoisotopic (exact) mass is 318 g/mol. The van der Waals surface area contributed by atoms with Gasteiger partial charge in [-0.05, 0) is 13.3 Å². The molecule has 0 unspecified atom stereocenters. The van der Waals surface area contributed by atoms with Gasteiger partial charge in [0.2, 0.25) is 10.0 Å². The molecule has 0 radical (unpaired) electrons. The molecule has 0 aliphatic rings. The quantitative estimate of drug-likeness (QED) is 0.261. The van der Waals surface area contributed by atoms with Crippen LogP contribution >= 0.6 is 0 Å². The smallest absolute Gasteiger partial charge is 0.208 e. The van der Waals surface area contributed by atoms with Crippen LogP contribution in [0.1, 0.15) is 19.2 Å². The molecule has 120 valence electrons. The lowest BCUT2D eigenvalue weighted by molar-refractivity contribution is 0.128. The van der Waals surface area contributed by atoms with E-state index in [-0.39, 0.29) is 0 Å². The number of aromatic nitrogens is 2. The Kier molecular flexibility index (Phi) is 7.29. The Labute approximate surface area is 124 Å². The lowest BCUT2D eigenvalue weighted by atomic mass is 10.4. The van der Waals surface area contributed by atoms with Crippen molar-refractivity contribution in [1.82, 2.24) is 14.7 Å². The second kappa shape index (κ2) is 8.72. The van der Waals surface area contributed by atoms with E-state index < -0.39 is 10.0 Å². The second-order valence-corrected chi connectivity index (χ2v) is 6.12. The minimum absolute atomic E-state index is 0.302. The molecule has 1 rings (SSSR count). The SMILES string of the molecule is CCOCc1nc(NN)cc(NCCCNS(C)(=O)=O)n1. The largest absolute Gasteiger partial charge is 0.374 e. The first-order valence-corrected chi connectivity index (χ1v) is 8.44. The summed E-state index contributed by atoms with van der Waals surface area (Å²) in [7, 11) is -3.14. The van der Waals surface area contributed by atoms with Crippen LogP contribution in [-0.2, 0) is 21.4 Å². The Balaban J connectivity index is 2.49. The third kappa shape index (κ3) is 7.75. The molecule has 0 aromatic carbocycles. The predicted octanol–water partition coefficient (Wildman–Crippen LogP) is -0.350. The van der Waals surface area contributed by atoms with Crippen LogP contribution in [0.25, 0.3) is 0 Å². The van der Waals surface area contributed by atoms with Crippen LogP contribution in [0.15, 0.2) is 6.07 Å². The number of nitrogens with one attached hydrogen (secondary N) is 3. The van der Waals surface area contributed by atoms with Gasteiger partial charge in [-0.3, -0.25) is 0 Å². The number of sulfonamides is 1. The van der Waals surface area contributed by atoms with Crippen LogP contribution < -0.4 is 21.3 Å². The predicted molar refractivity (Wildman–Crippen MR) is 81.1 cm³/mol. The second-order valence-electron chi connectivity index (χ2n) is 4.28. The van der Waals surface area contributed by atoms with Gasteiger partial charge in [-0.25, -0.2) is 29.0 Å². The van der Waals surface area contributed by atoms with Crippen LogP contribution in [0.5, 0.6) is 0 Å².